The van der Waals surface area contributed by atoms with Crippen molar-refractivity contribution >= 4 is 6.21 Å². The molecular weight excluding hydrogens is 253 g/mol. The minimum absolute atomic E-state index is 0.0817. The van der Waals surface area contributed by atoms with Gasteiger partial charge in [-0.05, 0) is 29.4 Å². The smallest absolute Gasteiger partial charge is 0.119 e. The van der Waals surface area contributed by atoms with Crippen molar-refractivity contribution in [2.75, 3.05) is 0 Å². The quantitative estimate of drug-likeness (QED) is 0.772. The predicted molar refractivity (Wildman–Crippen MR) is 74.7 cm³/mol. The van der Waals surface area contributed by atoms with Crippen LogP contribution >= 0.6 is 0 Å². The highest BCUT2D eigenvalue weighted by molar-refractivity contribution is 5.86. The third-order valence-corrected chi connectivity index (χ3v) is 3.49. The number of fused-ring (bicyclic) bond motifs is 1. The Bertz CT molecular complexity index is 677. The Kier molecular flexibility index (Phi) is 3.26. The van der Waals surface area contributed by atoms with Gasteiger partial charge in [-0.15, -0.1) is 0 Å². The summed E-state index contributed by atoms with van der Waals surface area (Å²) in [7, 11) is 0. The summed E-state index contributed by atoms with van der Waals surface area (Å²) >= 11 is 0. The summed E-state index contributed by atoms with van der Waals surface area (Å²) in [5, 5.41) is 9.38. The van der Waals surface area contributed by atoms with Gasteiger partial charge in [-0.3, -0.25) is 9.98 Å². The highest BCUT2D eigenvalue weighted by Crippen LogP contribution is 2.33. The van der Waals surface area contributed by atoms with Gasteiger partial charge < -0.3 is 0 Å². The molecule has 0 saturated heterocycles. The van der Waals surface area contributed by atoms with Crippen LogP contribution in [0.5, 0.6) is 0 Å². The number of pyridine rings is 1. The number of aliphatic imine (C=N–C) groups is 1. The van der Waals surface area contributed by atoms with E-state index in [1.54, 1.807) is 24.7 Å². The molecule has 0 fully saturated rings. The summed E-state index contributed by atoms with van der Waals surface area (Å²) in [6, 6.07) is 5.90. The normalized spacial score (nSPS) is 25.9. The predicted octanol–water partition coefficient (Wildman–Crippen LogP) is 2.94. The summed E-state index contributed by atoms with van der Waals surface area (Å²) < 4.78 is 13.4. The van der Waals surface area contributed by atoms with Gasteiger partial charge in [0.05, 0.1) is 12.1 Å². The van der Waals surface area contributed by atoms with Crippen molar-refractivity contribution in [2.24, 2.45) is 10.9 Å². The van der Waals surface area contributed by atoms with Crippen LogP contribution in [0.1, 0.15) is 5.56 Å². The van der Waals surface area contributed by atoms with Crippen LogP contribution in [0.25, 0.3) is 0 Å². The molecule has 4 heteroatoms. The zero-order chi connectivity index (χ0) is 13.9. The van der Waals surface area contributed by atoms with Crippen molar-refractivity contribution in [1.82, 2.24) is 4.98 Å². The summed E-state index contributed by atoms with van der Waals surface area (Å²) in [4.78, 5) is 8.38. The lowest BCUT2D eigenvalue weighted by atomic mass is 9.87. The molecule has 1 aliphatic heterocycles. The fraction of sp³-hybridized carbons (Fsp3) is 0.188. The number of halogens is 1. The molecule has 0 spiro atoms. The molecule has 98 valence electrons. The molecule has 3 rings (SSSR count). The van der Waals surface area contributed by atoms with Crippen molar-refractivity contribution in [1.29, 1.82) is 5.26 Å². The Morgan fingerprint density at radius 2 is 2.35 bits per heavy atom. The molecule has 0 N–H and O–H groups in total. The molecule has 2 unspecified atom stereocenters. The van der Waals surface area contributed by atoms with Crippen molar-refractivity contribution in [3.8, 4) is 6.07 Å². The molecule has 1 aromatic heterocycles. The van der Waals surface area contributed by atoms with Crippen LogP contribution in [-0.4, -0.2) is 17.2 Å². The van der Waals surface area contributed by atoms with E-state index in [1.807, 2.05) is 12.1 Å². The highest BCUT2D eigenvalue weighted by Gasteiger charge is 2.30. The second-order valence-corrected chi connectivity index (χ2v) is 4.79. The second-order valence-electron chi connectivity index (χ2n) is 4.79. The lowest BCUT2D eigenvalue weighted by molar-refractivity contribution is 0.608. The molecular formula is C16H12FN3. The van der Waals surface area contributed by atoms with Crippen molar-refractivity contribution in [3.63, 3.8) is 0 Å². The van der Waals surface area contributed by atoms with E-state index < -0.39 is 0 Å². The Morgan fingerprint density at radius 3 is 3.10 bits per heavy atom. The highest BCUT2D eigenvalue weighted by atomic mass is 19.1. The molecule has 1 aromatic rings. The molecule has 0 radical (unpaired) electrons. The van der Waals surface area contributed by atoms with E-state index in [0.717, 1.165) is 11.1 Å². The van der Waals surface area contributed by atoms with Gasteiger partial charge >= 0.3 is 0 Å². The average molecular weight is 265 g/mol. The van der Waals surface area contributed by atoms with Crippen LogP contribution in [0.3, 0.4) is 0 Å². The molecule has 2 atom stereocenters. The van der Waals surface area contributed by atoms with E-state index >= 15 is 0 Å². The number of hydrogen-bond acceptors (Lipinski definition) is 3. The first-order valence-corrected chi connectivity index (χ1v) is 6.38. The number of hydrogen-bond donors (Lipinski definition) is 0. The zero-order valence-electron chi connectivity index (χ0n) is 10.7. The topological polar surface area (TPSA) is 49.0 Å². The maximum atomic E-state index is 13.4. The van der Waals surface area contributed by atoms with E-state index in [9.17, 15) is 9.65 Å². The monoisotopic (exact) mass is 265 g/mol. The maximum absolute atomic E-state index is 13.4. The average Bonchev–Trinajstić information content (AvgIpc) is 2.89. The lowest BCUT2D eigenvalue weighted by Crippen LogP contribution is -2.15. The van der Waals surface area contributed by atoms with Crippen LogP contribution in [0.2, 0.25) is 0 Å². The minimum atomic E-state index is -0.270. The summed E-state index contributed by atoms with van der Waals surface area (Å²) in [5.74, 6) is -0.431. The van der Waals surface area contributed by atoms with Crippen LogP contribution in [0, 0.1) is 17.2 Å². The standard InChI is InChI=1S/C16H12FN3/c17-13-3-4-16-14(7-13)15(10-20-16)12(8-18)6-11-2-1-5-19-9-11/h1-5,7,9-10,14,16H,6H2/b15-12+. The van der Waals surface area contributed by atoms with Gasteiger partial charge in [0, 0.05) is 36.5 Å². The van der Waals surface area contributed by atoms with Crippen molar-refractivity contribution < 1.29 is 4.39 Å². The molecule has 1 aliphatic carbocycles. The van der Waals surface area contributed by atoms with Gasteiger partial charge in [0.2, 0.25) is 0 Å². The van der Waals surface area contributed by atoms with Gasteiger partial charge in [0.25, 0.3) is 0 Å². The molecule has 2 heterocycles. The summed E-state index contributed by atoms with van der Waals surface area (Å²) in [6.45, 7) is 0. The first-order chi connectivity index (χ1) is 9.78. The Labute approximate surface area is 116 Å². The summed E-state index contributed by atoms with van der Waals surface area (Å²) in [6.07, 6.45) is 10.3. The van der Waals surface area contributed by atoms with E-state index in [2.05, 4.69) is 16.0 Å². The molecule has 3 nitrogen and oxygen atoms in total. The molecule has 0 aromatic carbocycles. The van der Waals surface area contributed by atoms with E-state index in [4.69, 9.17) is 0 Å². The molecule has 0 bridgehead atoms. The lowest BCUT2D eigenvalue weighted by Gasteiger charge is -2.17. The van der Waals surface area contributed by atoms with Gasteiger partial charge in [0.1, 0.15) is 5.83 Å². The van der Waals surface area contributed by atoms with Crippen LogP contribution < -0.4 is 0 Å². The maximum Gasteiger partial charge on any atom is 0.119 e. The SMILES string of the molecule is N#C/C(Cc1cccnc1)=C1\C=NC2C=CC(F)=CC12. The van der Waals surface area contributed by atoms with Gasteiger partial charge in [-0.1, -0.05) is 12.1 Å². The first kappa shape index (κ1) is 12.5. The Hall–Kier alpha value is -2.54. The van der Waals surface area contributed by atoms with Crippen molar-refractivity contribution in [2.45, 2.75) is 12.5 Å². The molecule has 0 amide bonds. The van der Waals surface area contributed by atoms with Crippen LogP contribution in [0.4, 0.5) is 4.39 Å². The molecule has 2 aliphatic rings. The molecule has 0 saturated carbocycles. The third kappa shape index (κ3) is 2.30. The number of nitriles is 1. The number of rotatable bonds is 2. The number of aromatic nitrogens is 1. The van der Waals surface area contributed by atoms with Gasteiger partial charge in [-0.25, -0.2) is 4.39 Å². The number of nitrogens with zero attached hydrogens (tertiary/aromatic N) is 3. The largest absolute Gasteiger partial charge is 0.284 e. The van der Waals surface area contributed by atoms with Gasteiger partial charge in [0.15, 0.2) is 0 Å². The summed E-state index contributed by atoms with van der Waals surface area (Å²) in [5.41, 5.74) is 2.39. The molecule has 20 heavy (non-hydrogen) atoms. The fourth-order valence-corrected chi connectivity index (χ4v) is 2.50. The number of allylic oxidation sites excluding steroid dienone is 3. The Balaban J connectivity index is 1.94. The zero-order valence-corrected chi connectivity index (χ0v) is 10.7. The van der Waals surface area contributed by atoms with E-state index in [-0.39, 0.29) is 17.8 Å². The van der Waals surface area contributed by atoms with E-state index in [0.29, 0.717) is 12.0 Å². The van der Waals surface area contributed by atoms with Gasteiger partial charge in [-0.2, -0.15) is 5.26 Å². The van der Waals surface area contributed by atoms with Crippen LogP contribution in [-0.2, 0) is 6.42 Å². The second kappa shape index (κ2) is 5.22. The minimum Gasteiger partial charge on any atom is -0.284 e. The van der Waals surface area contributed by atoms with E-state index in [1.165, 1.54) is 12.2 Å². The van der Waals surface area contributed by atoms with Crippen LogP contribution in [0.15, 0.2) is 64.7 Å². The Morgan fingerprint density at radius 1 is 1.45 bits per heavy atom. The third-order valence-electron chi connectivity index (χ3n) is 3.49. The van der Waals surface area contributed by atoms with Crippen molar-refractivity contribution in [3.05, 3.63) is 65.3 Å². The first-order valence-electron chi connectivity index (χ1n) is 6.38. The fourth-order valence-electron chi connectivity index (χ4n) is 2.50.